The smallest absolute Gasteiger partial charge is 0.272 e. The highest BCUT2D eigenvalue weighted by molar-refractivity contribution is 5.92. The summed E-state index contributed by atoms with van der Waals surface area (Å²) in [4.78, 5) is 29.2. The zero-order chi connectivity index (χ0) is 14.8. The SMILES string of the molecule is O=C(NC1CCN(C(=O)c2cccc(F)n2)CC1)C1CC1. The molecule has 0 aromatic carbocycles. The lowest BCUT2D eigenvalue weighted by molar-refractivity contribution is -0.123. The Balaban J connectivity index is 1.53. The number of carbonyl (C=O) groups excluding carboxylic acids is 2. The molecule has 2 aliphatic rings. The lowest BCUT2D eigenvalue weighted by atomic mass is 10.0. The molecule has 0 radical (unpaired) electrons. The van der Waals surface area contributed by atoms with Crippen LogP contribution in [0.25, 0.3) is 0 Å². The van der Waals surface area contributed by atoms with Crippen LogP contribution in [0.5, 0.6) is 0 Å². The Morgan fingerprint density at radius 2 is 1.90 bits per heavy atom. The van der Waals surface area contributed by atoms with Crippen molar-refractivity contribution in [1.82, 2.24) is 15.2 Å². The molecule has 1 saturated heterocycles. The second kappa shape index (κ2) is 5.79. The van der Waals surface area contributed by atoms with Crippen molar-refractivity contribution in [2.75, 3.05) is 13.1 Å². The molecule has 21 heavy (non-hydrogen) atoms. The molecule has 6 heteroatoms. The fourth-order valence-electron chi connectivity index (χ4n) is 2.58. The monoisotopic (exact) mass is 291 g/mol. The van der Waals surface area contributed by atoms with E-state index in [0.717, 1.165) is 25.7 Å². The normalized spacial score (nSPS) is 19.4. The number of nitrogens with zero attached hydrogens (tertiary/aromatic N) is 2. The van der Waals surface area contributed by atoms with Crippen LogP contribution in [0.4, 0.5) is 4.39 Å². The maximum atomic E-state index is 13.1. The number of nitrogens with one attached hydrogen (secondary N) is 1. The van der Waals surface area contributed by atoms with E-state index >= 15 is 0 Å². The molecule has 1 N–H and O–H groups in total. The molecule has 2 amide bonds. The van der Waals surface area contributed by atoms with Crippen LogP contribution in [0, 0.1) is 11.9 Å². The number of hydrogen-bond donors (Lipinski definition) is 1. The molecule has 3 rings (SSSR count). The number of likely N-dealkylation sites (tertiary alicyclic amines) is 1. The van der Waals surface area contributed by atoms with Crippen LogP contribution in [0.3, 0.4) is 0 Å². The third kappa shape index (κ3) is 3.37. The Hall–Kier alpha value is -1.98. The molecule has 1 aliphatic carbocycles. The van der Waals surface area contributed by atoms with Crippen molar-refractivity contribution < 1.29 is 14.0 Å². The lowest BCUT2D eigenvalue weighted by Gasteiger charge is -2.32. The fourth-order valence-corrected chi connectivity index (χ4v) is 2.58. The van der Waals surface area contributed by atoms with E-state index in [1.165, 1.54) is 18.2 Å². The van der Waals surface area contributed by atoms with Gasteiger partial charge in [0, 0.05) is 25.0 Å². The van der Waals surface area contributed by atoms with Gasteiger partial charge in [0.15, 0.2) is 0 Å². The van der Waals surface area contributed by atoms with Gasteiger partial charge in [0.05, 0.1) is 0 Å². The molecule has 5 nitrogen and oxygen atoms in total. The van der Waals surface area contributed by atoms with Crippen molar-refractivity contribution in [2.24, 2.45) is 5.92 Å². The van der Waals surface area contributed by atoms with Gasteiger partial charge in [-0.05, 0) is 37.8 Å². The number of amides is 2. The van der Waals surface area contributed by atoms with Crippen LogP contribution in [0.1, 0.15) is 36.2 Å². The predicted molar refractivity (Wildman–Crippen MR) is 74.0 cm³/mol. The Morgan fingerprint density at radius 1 is 1.19 bits per heavy atom. The molecule has 0 spiro atoms. The quantitative estimate of drug-likeness (QED) is 0.855. The van der Waals surface area contributed by atoms with Gasteiger partial charge in [0.25, 0.3) is 5.91 Å². The topological polar surface area (TPSA) is 62.3 Å². The zero-order valence-corrected chi connectivity index (χ0v) is 11.7. The van der Waals surface area contributed by atoms with Gasteiger partial charge in [0.1, 0.15) is 5.69 Å². The van der Waals surface area contributed by atoms with Crippen molar-refractivity contribution in [2.45, 2.75) is 31.7 Å². The second-order valence-electron chi connectivity index (χ2n) is 5.69. The van der Waals surface area contributed by atoms with Gasteiger partial charge in [-0.25, -0.2) is 4.98 Å². The largest absolute Gasteiger partial charge is 0.353 e. The minimum absolute atomic E-state index is 0.135. The van der Waals surface area contributed by atoms with Gasteiger partial charge in [-0.2, -0.15) is 4.39 Å². The number of rotatable bonds is 3. The van der Waals surface area contributed by atoms with E-state index in [9.17, 15) is 14.0 Å². The second-order valence-corrected chi connectivity index (χ2v) is 5.69. The highest BCUT2D eigenvalue weighted by Gasteiger charge is 2.32. The number of halogens is 1. The summed E-state index contributed by atoms with van der Waals surface area (Å²) in [6, 6.07) is 4.36. The van der Waals surface area contributed by atoms with Gasteiger partial charge in [0.2, 0.25) is 11.9 Å². The van der Waals surface area contributed by atoms with Crippen molar-refractivity contribution in [1.29, 1.82) is 0 Å². The average molecular weight is 291 g/mol. The van der Waals surface area contributed by atoms with Crippen LogP contribution < -0.4 is 5.32 Å². The van der Waals surface area contributed by atoms with Crippen molar-refractivity contribution in [3.05, 3.63) is 29.8 Å². The summed E-state index contributed by atoms with van der Waals surface area (Å²) >= 11 is 0. The van der Waals surface area contributed by atoms with Crippen LogP contribution in [0.2, 0.25) is 0 Å². The molecule has 1 aromatic rings. The van der Waals surface area contributed by atoms with Crippen LogP contribution in [-0.4, -0.2) is 40.8 Å². The molecule has 2 heterocycles. The summed E-state index contributed by atoms with van der Waals surface area (Å²) in [6.45, 7) is 1.12. The van der Waals surface area contributed by atoms with Gasteiger partial charge in [-0.1, -0.05) is 6.07 Å². The molecule has 2 fully saturated rings. The average Bonchev–Trinajstić information content (AvgIpc) is 3.32. The van der Waals surface area contributed by atoms with Crippen LogP contribution in [0.15, 0.2) is 18.2 Å². The Bertz CT molecular complexity index is 552. The highest BCUT2D eigenvalue weighted by atomic mass is 19.1. The van der Waals surface area contributed by atoms with Crippen molar-refractivity contribution in [3.8, 4) is 0 Å². The predicted octanol–water partition coefficient (Wildman–Crippen LogP) is 1.35. The van der Waals surface area contributed by atoms with Gasteiger partial charge in [-0.15, -0.1) is 0 Å². The maximum Gasteiger partial charge on any atom is 0.272 e. The van der Waals surface area contributed by atoms with E-state index in [1.807, 2.05) is 0 Å². The third-order valence-corrected chi connectivity index (χ3v) is 4.01. The van der Waals surface area contributed by atoms with Gasteiger partial charge >= 0.3 is 0 Å². The minimum Gasteiger partial charge on any atom is -0.353 e. The minimum atomic E-state index is -0.646. The fraction of sp³-hybridized carbons (Fsp3) is 0.533. The summed E-state index contributed by atoms with van der Waals surface area (Å²) in [5, 5.41) is 3.04. The number of carbonyl (C=O) groups is 2. The first-order valence-electron chi connectivity index (χ1n) is 7.35. The molecule has 1 aliphatic heterocycles. The molecule has 112 valence electrons. The first-order chi connectivity index (χ1) is 10.1. The van der Waals surface area contributed by atoms with E-state index in [0.29, 0.717) is 13.1 Å². The van der Waals surface area contributed by atoms with Crippen molar-refractivity contribution in [3.63, 3.8) is 0 Å². The Morgan fingerprint density at radius 3 is 2.52 bits per heavy atom. The first kappa shape index (κ1) is 14.0. The van der Waals surface area contributed by atoms with E-state index in [2.05, 4.69) is 10.3 Å². The summed E-state index contributed by atoms with van der Waals surface area (Å²) in [5.74, 6) is -0.540. The van der Waals surface area contributed by atoms with E-state index < -0.39 is 5.95 Å². The highest BCUT2D eigenvalue weighted by Crippen LogP contribution is 2.29. The molecule has 0 unspecified atom stereocenters. The molecule has 1 aromatic heterocycles. The lowest BCUT2D eigenvalue weighted by Crippen LogP contribution is -2.47. The molecular weight excluding hydrogens is 273 g/mol. The van der Waals surface area contributed by atoms with Gasteiger partial charge < -0.3 is 10.2 Å². The number of aromatic nitrogens is 1. The molecule has 0 atom stereocenters. The molecule has 1 saturated carbocycles. The zero-order valence-electron chi connectivity index (χ0n) is 11.7. The molecule has 0 bridgehead atoms. The van der Waals surface area contributed by atoms with Crippen LogP contribution >= 0.6 is 0 Å². The summed E-state index contributed by atoms with van der Waals surface area (Å²) in [6.07, 6.45) is 3.46. The summed E-state index contributed by atoms with van der Waals surface area (Å²) < 4.78 is 13.1. The van der Waals surface area contributed by atoms with E-state index in [-0.39, 0.29) is 29.5 Å². The number of hydrogen-bond acceptors (Lipinski definition) is 3. The molecular formula is C15H18FN3O2. The summed E-state index contributed by atoms with van der Waals surface area (Å²) in [5.41, 5.74) is 0.135. The van der Waals surface area contributed by atoms with E-state index in [4.69, 9.17) is 0 Å². The first-order valence-corrected chi connectivity index (χ1v) is 7.35. The Labute approximate surface area is 122 Å². The maximum absolute atomic E-state index is 13.1. The number of pyridine rings is 1. The number of piperidine rings is 1. The summed E-state index contributed by atoms with van der Waals surface area (Å²) in [7, 11) is 0. The van der Waals surface area contributed by atoms with Crippen LogP contribution in [-0.2, 0) is 4.79 Å². The standard InChI is InChI=1S/C15H18FN3O2/c16-13-3-1-2-12(18-13)15(21)19-8-6-11(7-9-19)17-14(20)10-4-5-10/h1-3,10-11H,4-9H2,(H,17,20). The Kier molecular flexibility index (Phi) is 3.86. The van der Waals surface area contributed by atoms with E-state index in [1.54, 1.807) is 4.90 Å². The van der Waals surface area contributed by atoms with Gasteiger partial charge in [-0.3, -0.25) is 9.59 Å². The third-order valence-electron chi connectivity index (χ3n) is 4.01. The van der Waals surface area contributed by atoms with Crippen molar-refractivity contribution >= 4 is 11.8 Å².